The van der Waals surface area contributed by atoms with Gasteiger partial charge in [0.15, 0.2) is 6.61 Å². The molecule has 0 aliphatic carbocycles. The molecule has 1 aromatic heterocycles. The Bertz CT molecular complexity index is 1270. The van der Waals surface area contributed by atoms with E-state index in [0.717, 1.165) is 11.1 Å². The first-order chi connectivity index (χ1) is 14.9. The largest absolute Gasteiger partial charge is 0.495 e. The zero-order valence-corrected chi connectivity index (χ0v) is 18.1. The molecule has 0 saturated carbocycles. The molecule has 4 rings (SSSR count). The first-order valence-electron chi connectivity index (χ1n) is 9.64. The number of hydrogen-bond acceptors (Lipinski definition) is 5. The van der Waals surface area contributed by atoms with Crippen molar-refractivity contribution in [3.05, 3.63) is 70.7 Å². The van der Waals surface area contributed by atoms with Crippen LogP contribution in [0, 0.1) is 13.8 Å². The molecule has 1 N–H and O–H groups in total. The summed E-state index contributed by atoms with van der Waals surface area (Å²) in [6, 6.07) is 16.6. The number of rotatable bonds is 6. The van der Waals surface area contributed by atoms with Gasteiger partial charge in [-0.2, -0.15) is 4.80 Å². The van der Waals surface area contributed by atoms with Gasteiger partial charge in [0.2, 0.25) is 0 Å². The van der Waals surface area contributed by atoms with Crippen LogP contribution in [0.2, 0.25) is 5.02 Å². The van der Waals surface area contributed by atoms with Crippen LogP contribution in [0.25, 0.3) is 16.7 Å². The van der Waals surface area contributed by atoms with Crippen LogP contribution < -0.4 is 14.8 Å². The molecule has 1 amide bonds. The number of anilines is 1. The zero-order valence-electron chi connectivity index (χ0n) is 17.3. The number of nitrogens with one attached hydrogen (secondary N) is 1. The summed E-state index contributed by atoms with van der Waals surface area (Å²) in [6.07, 6.45) is 0. The number of ether oxygens (including phenoxy) is 2. The lowest BCUT2D eigenvalue weighted by molar-refractivity contribution is -0.118. The summed E-state index contributed by atoms with van der Waals surface area (Å²) in [5.41, 5.74) is 4.66. The highest BCUT2D eigenvalue weighted by molar-refractivity contribution is 6.32. The predicted molar refractivity (Wildman–Crippen MR) is 120 cm³/mol. The Hall–Kier alpha value is -3.58. The van der Waals surface area contributed by atoms with Crippen LogP contribution in [0.1, 0.15) is 11.1 Å². The van der Waals surface area contributed by atoms with E-state index in [-0.39, 0.29) is 12.5 Å². The first kappa shape index (κ1) is 20.7. The van der Waals surface area contributed by atoms with Crippen LogP contribution in [0.15, 0.2) is 54.6 Å². The fourth-order valence-corrected chi connectivity index (χ4v) is 3.39. The molecule has 158 valence electrons. The normalized spacial score (nSPS) is 10.8. The molecule has 0 atom stereocenters. The average molecular weight is 437 g/mol. The van der Waals surface area contributed by atoms with Gasteiger partial charge < -0.3 is 14.8 Å². The van der Waals surface area contributed by atoms with Gasteiger partial charge in [-0.25, -0.2) is 0 Å². The van der Waals surface area contributed by atoms with Crippen molar-refractivity contribution < 1.29 is 14.3 Å². The molecule has 0 fully saturated rings. The van der Waals surface area contributed by atoms with Gasteiger partial charge in [-0.3, -0.25) is 4.79 Å². The van der Waals surface area contributed by atoms with E-state index in [0.29, 0.717) is 38.9 Å². The number of carbonyl (C=O) groups excluding carboxylic acids is 1. The van der Waals surface area contributed by atoms with Gasteiger partial charge in [-0.05, 0) is 67.4 Å². The van der Waals surface area contributed by atoms with Crippen LogP contribution in [-0.4, -0.2) is 34.6 Å². The van der Waals surface area contributed by atoms with Crippen molar-refractivity contribution in [1.82, 2.24) is 15.0 Å². The van der Waals surface area contributed by atoms with E-state index in [1.165, 1.54) is 4.80 Å². The van der Waals surface area contributed by atoms with Crippen LogP contribution in [-0.2, 0) is 4.79 Å². The number of halogens is 1. The molecule has 0 radical (unpaired) electrons. The summed E-state index contributed by atoms with van der Waals surface area (Å²) in [6.45, 7) is 3.79. The van der Waals surface area contributed by atoms with Crippen molar-refractivity contribution in [3.8, 4) is 17.2 Å². The highest BCUT2D eigenvalue weighted by atomic mass is 35.5. The van der Waals surface area contributed by atoms with Gasteiger partial charge >= 0.3 is 0 Å². The topological polar surface area (TPSA) is 78.3 Å². The van der Waals surface area contributed by atoms with Crippen molar-refractivity contribution in [1.29, 1.82) is 0 Å². The van der Waals surface area contributed by atoms with Crippen LogP contribution in [0.3, 0.4) is 0 Å². The molecular weight excluding hydrogens is 416 g/mol. The van der Waals surface area contributed by atoms with Gasteiger partial charge in [0, 0.05) is 5.69 Å². The third-order valence-electron chi connectivity index (χ3n) is 4.73. The van der Waals surface area contributed by atoms with E-state index < -0.39 is 0 Å². The van der Waals surface area contributed by atoms with E-state index in [1.54, 1.807) is 25.3 Å². The molecule has 0 bridgehead atoms. The highest BCUT2D eigenvalue weighted by Crippen LogP contribution is 2.27. The molecule has 0 aliphatic rings. The number of aryl methyl sites for hydroxylation is 2. The number of amides is 1. The van der Waals surface area contributed by atoms with Crippen LogP contribution in [0.4, 0.5) is 5.69 Å². The Morgan fingerprint density at radius 2 is 1.84 bits per heavy atom. The monoisotopic (exact) mass is 436 g/mol. The predicted octanol–water partition coefficient (Wildman–Crippen LogP) is 4.72. The standard InChI is InChI=1S/C23H21ClN4O3/c1-14-5-4-6-17(9-14)31-13-23(29)25-19-12-21-20(10-15(19)2)26-28(27-21)16-7-8-22(30-3)18(24)11-16/h4-12H,13H2,1-3H3,(H,25,29). The zero-order chi connectivity index (χ0) is 22.0. The molecular formula is C23H21ClN4O3. The van der Waals surface area contributed by atoms with Crippen molar-refractivity contribution >= 4 is 34.2 Å². The minimum atomic E-state index is -0.252. The van der Waals surface area contributed by atoms with Crippen molar-refractivity contribution in [2.24, 2.45) is 0 Å². The van der Waals surface area contributed by atoms with E-state index >= 15 is 0 Å². The Morgan fingerprint density at radius 1 is 1.06 bits per heavy atom. The number of nitrogens with zero attached hydrogens (tertiary/aromatic N) is 3. The van der Waals surface area contributed by atoms with Crippen LogP contribution >= 0.6 is 11.6 Å². The maximum Gasteiger partial charge on any atom is 0.262 e. The molecule has 0 saturated heterocycles. The summed E-state index contributed by atoms with van der Waals surface area (Å²) in [7, 11) is 1.56. The Morgan fingerprint density at radius 3 is 2.55 bits per heavy atom. The number of methoxy groups -OCH3 is 1. The molecule has 0 unspecified atom stereocenters. The van der Waals surface area contributed by atoms with Gasteiger partial charge in [-0.15, -0.1) is 10.2 Å². The minimum Gasteiger partial charge on any atom is -0.495 e. The fourth-order valence-electron chi connectivity index (χ4n) is 3.14. The lowest BCUT2D eigenvalue weighted by Crippen LogP contribution is -2.20. The number of hydrogen-bond donors (Lipinski definition) is 1. The maximum atomic E-state index is 12.4. The van der Waals surface area contributed by atoms with Gasteiger partial charge in [0.05, 0.1) is 17.8 Å². The highest BCUT2D eigenvalue weighted by Gasteiger charge is 2.12. The van der Waals surface area contributed by atoms with Crippen LogP contribution in [0.5, 0.6) is 11.5 Å². The van der Waals surface area contributed by atoms with Gasteiger partial charge in [0.25, 0.3) is 5.91 Å². The molecule has 1 heterocycles. The molecule has 31 heavy (non-hydrogen) atoms. The van der Waals surface area contributed by atoms with Gasteiger partial charge in [0.1, 0.15) is 22.5 Å². The fraction of sp³-hybridized carbons (Fsp3) is 0.174. The van der Waals surface area contributed by atoms with E-state index in [1.807, 2.05) is 50.2 Å². The summed E-state index contributed by atoms with van der Waals surface area (Å²) in [4.78, 5) is 13.9. The van der Waals surface area contributed by atoms with E-state index in [9.17, 15) is 4.79 Å². The molecule has 8 heteroatoms. The summed E-state index contributed by atoms with van der Waals surface area (Å²) in [5, 5.41) is 12.4. The molecule has 0 aliphatic heterocycles. The Balaban J connectivity index is 1.52. The smallest absolute Gasteiger partial charge is 0.262 e. The number of benzene rings is 3. The second-order valence-corrected chi connectivity index (χ2v) is 7.52. The summed E-state index contributed by atoms with van der Waals surface area (Å²) >= 11 is 6.22. The quantitative estimate of drug-likeness (QED) is 0.473. The number of fused-ring (bicyclic) bond motifs is 1. The minimum absolute atomic E-state index is 0.0853. The SMILES string of the molecule is COc1ccc(-n2nc3cc(C)c(NC(=O)COc4cccc(C)c4)cc3n2)cc1Cl. The lowest BCUT2D eigenvalue weighted by Gasteiger charge is -2.10. The Kier molecular flexibility index (Phi) is 5.77. The second kappa shape index (κ2) is 8.65. The third kappa shape index (κ3) is 4.62. The summed E-state index contributed by atoms with van der Waals surface area (Å²) < 4.78 is 10.8. The lowest BCUT2D eigenvalue weighted by atomic mass is 10.1. The van der Waals surface area contributed by atoms with Crippen molar-refractivity contribution in [2.45, 2.75) is 13.8 Å². The average Bonchev–Trinajstić information content (AvgIpc) is 3.15. The van der Waals surface area contributed by atoms with E-state index in [2.05, 4.69) is 15.5 Å². The third-order valence-corrected chi connectivity index (χ3v) is 5.02. The number of carbonyl (C=O) groups is 1. The van der Waals surface area contributed by atoms with Crippen molar-refractivity contribution in [3.63, 3.8) is 0 Å². The first-order valence-corrected chi connectivity index (χ1v) is 10.0. The second-order valence-electron chi connectivity index (χ2n) is 7.12. The van der Waals surface area contributed by atoms with E-state index in [4.69, 9.17) is 21.1 Å². The molecule has 4 aromatic rings. The van der Waals surface area contributed by atoms with Crippen molar-refractivity contribution in [2.75, 3.05) is 19.0 Å². The molecule has 7 nitrogen and oxygen atoms in total. The Labute approximate surface area is 184 Å². The summed E-state index contributed by atoms with van der Waals surface area (Å²) in [5.74, 6) is 0.984. The molecule has 0 spiro atoms. The molecule has 3 aromatic carbocycles. The maximum absolute atomic E-state index is 12.4. The van der Waals surface area contributed by atoms with Gasteiger partial charge in [-0.1, -0.05) is 23.7 Å². The number of aromatic nitrogens is 3.